The summed E-state index contributed by atoms with van der Waals surface area (Å²) in [6, 6.07) is 7.49. The van der Waals surface area contributed by atoms with Gasteiger partial charge in [-0.25, -0.2) is 0 Å². The van der Waals surface area contributed by atoms with Gasteiger partial charge in [-0.15, -0.1) is 0 Å². The molecule has 0 radical (unpaired) electrons. The van der Waals surface area contributed by atoms with E-state index in [4.69, 9.17) is 26.8 Å². The van der Waals surface area contributed by atoms with E-state index in [0.717, 1.165) is 10.6 Å². The van der Waals surface area contributed by atoms with Crippen molar-refractivity contribution in [3.05, 3.63) is 34.9 Å². The van der Waals surface area contributed by atoms with Gasteiger partial charge >= 0.3 is 0 Å². The smallest absolute Gasteiger partial charge is 0.172 e. The summed E-state index contributed by atoms with van der Waals surface area (Å²) in [6.07, 6.45) is 0.328. The maximum absolute atomic E-state index is 6.08. The van der Waals surface area contributed by atoms with Crippen LogP contribution in [0.3, 0.4) is 0 Å². The van der Waals surface area contributed by atoms with E-state index in [9.17, 15) is 0 Å². The minimum absolute atomic E-state index is 0.187. The van der Waals surface area contributed by atoms with Crippen molar-refractivity contribution < 1.29 is 9.47 Å². The van der Waals surface area contributed by atoms with E-state index in [1.54, 1.807) is 0 Å². The number of hydrogen-bond donors (Lipinski definition) is 1. The highest BCUT2D eigenvalue weighted by atomic mass is 35.5. The number of hydrogen-bond acceptors (Lipinski definition) is 3. The highest BCUT2D eigenvalue weighted by Crippen LogP contribution is 2.14. The summed E-state index contributed by atoms with van der Waals surface area (Å²) < 4.78 is 10.9. The van der Waals surface area contributed by atoms with Gasteiger partial charge in [-0.2, -0.15) is 0 Å². The molecule has 1 unspecified atom stereocenters. The van der Waals surface area contributed by atoms with E-state index in [1.807, 2.05) is 38.1 Å². The van der Waals surface area contributed by atoms with Crippen LogP contribution in [0.1, 0.15) is 19.4 Å². The molecule has 96 valence electrons. The maximum atomic E-state index is 6.08. The number of benzene rings is 1. The van der Waals surface area contributed by atoms with E-state index in [1.165, 1.54) is 0 Å². The lowest BCUT2D eigenvalue weighted by molar-refractivity contribution is -0.148. The summed E-state index contributed by atoms with van der Waals surface area (Å²) in [7, 11) is 0. The first-order chi connectivity index (χ1) is 8.17. The highest BCUT2D eigenvalue weighted by Gasteiger charge is 2.18. The zero-order chi connectivity index (χ0) is 12.7. The van der Waals surface area contributed by atoms with Crippen LogP contribution in [-0.4, -0.2) is 25.5 Å². The van der Waals surface area contributed by atoms with Crippen molar-refractivity contribution >= 4 is 11.6 Å². The lowest BCUT2D eigenvalue weighted by Crippen LogP contribution is -2.40. The second kappa shape index (κ2) is 7.67. The Hall–Kier alpha value is -0.610. The predicted octanol–water partition coefficient (Wildman–Crippen LogP) is 2.61. The Bertz CT molecular complexity index is 327. The van der Waals surface area contributed by atoms with Crippen molar-refractivity contribution in [3.8, 4) is 0 Å². The first-order valence-electron chi connectivity index (χ1n) is 5.90. The molecule has 1 aromatic carbocycles. The van der Waals surface area contributed by atoms with Gasteiger partial charge in [0, 0.05) is 18.2 Å². The molecule has 0 aliphatic heterocycles. The summed E-state index contributed by atoms with van der Waals surface area (Å²) in [5.74, 6) is 0. The van der Waals surface area contributed by atoms with Crippen molar-refractivity contribution in [3.63, 3.8) is 0 Å². The Kier molecular flexibility index (Phi) is 6.52. The van der Waals surface area contributed by atoms with Gasteiger partial charge in [0.25, 0.3) is 0 Å². The molecule has 17 heavy (non-hydrogen) atoms. The predicted molar refractivity (Wildman–Crippen MR) is 70.2 cm³/mol. The van der Waals surface area contributed by atoms with Gasteiger partial charge in [0.1, 0.15) is 0 Å². The average molecular weight is 258 g/mol. The minimum atomic E-state index is -0.357. The molecule has 0 bridgehead atoms. The number of rotatable bonds is 7. The van der Waals surface area contributed by atoms with Gasteiger partial charge in [-0.3, -0.25) is 0 Å². The summed E-state index contributed by atoms with van der Waals surface area (Å²) >= 11 is 5.93. The Morgan fingerprint density at radius 3 is 2.41 bits per heavy atom. The van der Waals surface area contributed by atoms with Crippen molar-refractivity contribution in [2.24, 2.45) is 5.73 Å². The van der Waals surface area contributed by atoms with Crippen LogP contribution in [-0.2, 0) is 15.9 Å². The zero-order valence-electron chi connectivity index (χ0n) is 10.4. The lowest BCUT2D eigenvalue weighted by atomic mass is 10.1. The van der Waals surface area contributed by atoms with E-state index in [2.05, 4.69) is 0 Å². The zero-order valence-corrected chi connectivity index (χ0v) is 11.1. The number of halogens is 1. The Morgan fingerprint density at radius 1 is 1.24 bits per heavy atom. The van der Waals surface area contributed by atoms with Crippen LogP contribution in [0.4, 0.5) is 0 Å². The van der Waals surface area contributed by atoms with E-state index < -0.39 is 0 Å². The normalized spacial score (nSPS) is 13.0. The third-order valence-electron chi connectivity index (χ3n) is 2.37. The molecule has 0 aliphatic rings. The van der Waals surface area contributed by atoms with Crippen LogP contribution in [0.2, 0.25) is 5.02 Å². The molecule has 2 N–H and O–H groups in total. The molecular formula is C13H20ClNO2. The third-order valence-corrected chi connectivity index (χ3v) is 2.61. The highest BCUT2D eigenvalue weighted by molar-refractivity contribution is 6.30. The summed E-state index contributed by atoms with van der Waals surface area (Å²) in [5, 5.41) is 0.721. The van der Waals surface area contributed by atoms with Gasteiger partial charge in [0.05, 0.1) is 6.04 Å². The number of ether oxygens (including phenoxy) is 2. The van der Waals surface area contributed by atoms with Crippen molar-refractivity contribution in [1.82, 2.24) is 0 Å². The van der Waals surface area contributed by atoms with Gasteiger partial charge in [-0.1, -0.05) is 23.7 Å². The quantitative estimate of drug-likeness (QED) is 0.764. The fraction of sp³-hybridized carbons (Fsp3) is 0.538. The Balaban J connectivity index is 2.59. The molecule has 1 atom stereocenters. The van der Waals surface area contributed by atoms with Crippen LogP contribution in [0, 0.1) is 0 Å². The van der Waals surface area contributed by atoms with Crippen molar-refractivity contribution in [2.45, 2.75) is 32.6 Å². The molecule has 0 fully saturated rings. The first kappa shape index (κ1) is 14.5. The lowest BCUT2D eigenvalue weighted by Gasteiger charge is -2.23. The second-order valence-electron chi connectivity index (χ2n) is 3.78. The van der Waals surface area contributed by atoms with Crippen LogP contribution in [0.15, 0.2) is 24.3 Å². The molecule has 3 nitrogen and oxygen atoms in total. The first-order valence-corrected chi connectivity index (χ1v) is 6.28. The molecule has 1 rings (SSSR count). The summed E-state index contributed by atoms with van der Waals surface area (Å²) in [6.45, 7) is 5.04. The largest absolute Gasteiger partial charge is 0.351 e. The van der Waals surface area contributed by atoms with Gasteiger partial charge in [-0.05, 0) is 38.0 Å². The van der Waals surface area contributed by atoms with Crippen LogP contribution < -0.4 is 5.73 Å². The van der Waals surface area contributed by atoms with Gasteiger partial charge in [0.2, 0.25) is 0 Å². The third kappa shape index (κ3) is 5.04. The van der Waals surface area contributed by atoms with E-state index in [-0.39, 0.29) is 12.3 Å². The number of nitrogens with two attached hydrogens (primary N) is 1. The average Bonchev–Trinajstić information content (AvgIpc) is 2.28. The Morgan fingerprint density at radius 2 is 1.88 bits per heavy atom. The minimum Gasteiger partial charge on any atom is -0.351 e. The van der Waals surface area contributed by atoms with E-state index >= 15 is 0 Å². The maximum Gasteiger partial charge on any atom is 0.172 e. The molecule has 0 amide bonds. The van der Waals surface area contributed by atoms with Crippen LogP contribution in [0.25, 0.3) is 0 Å². The fourth-order valence-electron chi connectivity index (χ4n) is 1.66. The molecule has 0 spiro atoms. The summed E-state index contributed by atoms with van der Waals surface area (Å²) in [4.78, 5) is 0. The molecule has 0 heterocycles. The SMILES string of the molecule is CCOC(OCC)C(N)Cc1cccc(Cl)c1. The Labute approximate surface area is 108 Å². The standard InChI is InChI=1S/C13H20ClNO2/c1-3-16-13(17-4-2)12(15)9-10-6-5-7-11(14)8-10/h5-8,12-13H,3-4,9,15H2,1-2H3. The van der Waals surface area contributed by atoms with Gasteiger partial charge in [0.15, 0.2) is 6.29 Å². The van der Waals surface area contributed by atoms with Gasteiger partial charge < -0.3 is 15.2 Å². The molecule has 1 aromatic rings. The van der Waals surface area contributed by atoms with Crippen molar-refractivity contribution in [2.75, 3.05) is 13.2 Å². The monoisotopic (exact) mass is 257 g/mol. The molecular weight excluding hydrogens is 238 g/mol. The summed E-state index contributed by atoms with van der Waals surface area (Å²) in [5.41, 5.74) is 7.17. The molecule has 0 aliphatic carbocycles. The molecule has 0 saturated carbocycles. The topological polar surface area (TPSA) is 44.5 Å². The van der Waals surface area contributed by atoms with Crippen LogP contribution >= 0.6 is 11.6 Å². The van der Waals surface area contributed by atoms with Crippen molar-refractivity contribution in [1.29, 1.82) is 0 Å². The molecule has 4 heteroatoms. The van der Waals surface area contributed by atoms with Crippen LogP contribution in [0.5, 0.6) is 0 Å². The van der Waals surface area contributed by atoms with E-state index in [0.29, 0.717) is 19.6 Å². The molecule has 0 saturated heterocycles. The molecule has 0 aromatic heterocycles. The second-order valence-corrected chi connectivity index (χ2v) is 4.21. The fourth-order valence-corrected chi connectivity index (χ4v) is 1.87.